The number of carbonyl (C=O) groups excluding carboxylic acids is 1. The molecule has 0 aliphatic carbocycles. The number of nitrogens with one attached hydrogen (secondary N) is 1. The van der Waals surface area contributed by atoms with Crippen molar-refractivity contribution in [1.82, 2.24) is 15.1 Å². The second-order valence-corrected chi connectivity index (χ2v) is 6.91. The van der Waals surface area contributed by atoms with E-state index in [9.17, 15) is 4.79 Å². The van der Waals surface area contributed by atoms with Crippen LogP contribution in [-0.4, -0.2) is 60.7 Å². The smallest absolute Gasteiger partial charge is 0.233 e. The molecule has 0 spiro atoms. The van der Waals surface area contributed by atoms with Crippen molar-refractivity contribution < 1.29 is 4.79 Å². The first-order valence-corrected chi connectivity index (χ1v) is 8.65. The third kappa shape index (κ3) is 3.13. The maximum absolute atomic E-state index is 12.0. The molecule has 2 fully saturated rings. The first-order valence-electron chi connectivity index (χ1n) is 6.72. The molecule has 1 amide bonds. The van der Waals surface area contributed by atoms with Gasteiger partial charge in [-0.15, -0.1) is 23.1 Å². The van der Waals surface area contributed by atoms with Gasteiger partial charge in [-0.05, 0) is 11.4 Å². The van der Waals surface area contributed by atoms with Crippen molar-refractivity contribution >= 4 is 29.0 Å². The van der Waals surface area contributed by atoms with Gasteiger partial charge in [-0.2, -0.15) is 0 Å². The summed E-state index contributed by atoms with van der Waals surface area (Å²) in [4.78, 5) is 17.8. The molecule has 0 saturated carbocycles. The first-order chi connectivity index (χ1) is 9.34. The van der Waals surface area contributed by atoms with Gasteiger partial charge in [-0.1, -0.05) is 6.07 Å². The molecule has 3 heterocycles. The Hall–Kier alpha value is -0.560. The molecule has 104 valence electrons. The average Bonchev–Trinajstić information content (AvgIpc) is 3.07. The Kier molecular flexibility index (Phi) is 4.42. The number of hydrogen-bond acceptors (Lipinski definition) is 5. The Bertz CT molecular complexity index is 418. The first kappa shape index (κ1) is 13.4. The van der Waals surface area contributed by atoms with Crippen LogP contribution in [0.5, 0.6) is 0 Å². The van der Waals surface area contributed by atoms with E-state index in [0.29, 0.717) is 11.7 Å². The number of nitrogens with zero attached hydrogens (tertiary/aromatic N) is 2. The lowest BCUT2D eigenvalue weighted by molar-refractivity contribution is -0.128. The fourth-order valence-corrected chi connectivity index (χ4v) is 4.75. The highest BCUT2D eigenvalue weighted by molar-refractivity contribution is 8.00. The van der Waals surface area contributed by atoms with Crippen molar-refractivity contribution in [1.29, 1.82) is 0 Å². The molecule has 1 aromatic heterocycles. The number of thioether (sulfide) groups is 1. The Morgan fingerprint density at radius 2 is 2.16 bits per heavy atom. The summed E-state index contributed by atoms with van der Waals surface area (Å²) in [5, 5.41) is 5.69. The van der Waals surface area contributed by atoms with Gasteiger partial charge >= 0.3 is 0 Å². The van der Waals surface area contributed by atoms with E-state index in [-0.39, 0.29) is 5.37 Å². The van der Waals surface area contributed by atoms with Crippen LogP contribution in [0.2, 0.25) is 0 Å². The topological polar surface area (TPSA) is 35.6 Å². The molecule has 6 heteroatoms. The van der Waals surface area contributed by atoms with Gasteiger partial charge in [0.25, 0.3) is 0 Å². The van der Waals surface area contributed by atoms with E-state index in [1.807, 2.05) is 0 Å². The van der Waals surface area contributed by atoms with Crippen LogP contribution < -0.4 is 5.32 Å². The van der Waals surface area contributed by atoms with Gasteiger partial charge in [0.15, 0.2) is 0 Å². The maximum Gasteiger partial charge on any atom is 0.233 e. The highest BCUT2D eigenvalue weighted by Gasteiger charge is 2.33. The Labute approximate surface area is 122 Å². The zero-order valence-corrected chi connectivity index (χ0v) is 12.5. The number of amides is 1. The molecule has 0 bridgehead atoms. The fraction of sp³-hybridized carbons (Fsp3) is 0.615. The summed E-state index contributed by atoms with van der Waals surface area (Å²) in [5.74, 6) is 0.919. The van der Waals surface area contributed by atoms with Crippen LogP contribution >= 0.6 is 23.1 Å². The van der Waals surface area contributed by atoms with Crippen molar-refractivity contribution in [3.63, 3.8) is 0 Å². The molecular weight excluding hydrogens is 278 g/mol. The summed E-state index contributed by atoms with van der Waals surface area (Å²) < 4.78 is 0. The quantitative estimate of drug-likeness (QED) is 0.907. The highest BCUT2D eigenvalue weighted by Crippen LogP contribution is 2.40. The van der Waals surface area contributed by atoms with Gasteiger partial charge in [0.2, 0.25) is 5.91 Å². The number of piperazine rings is 1. The Balaban J connectivity index is 1.59. The summed E-state index contributed by atoms with van der Waals surface area (Å²) >= 11 is 3.51. The minimum absolute atomic E-state index is 0.246. The van der Waals surface area contributed by atoms with E-state index in [4.69, 9.17) is 0 Å². The van der Waals surface area contributed by atoms with E-state index >= 15 is 0 Å². The van der Waals surface area contributed by atoms with Gasteiger partial charge < -0.3 is 10.2 Å². The SMILES string of the molecule is O=C1CSC(c2cccs2)N1CCN1CCNCC1. The van der Waals surface area contributed by atoms with Gasteiger partial charge in [0, 0.05) is 44.1 Å². The van der Waals surface area contributed by atoms with Crippen LogP contribution in [0.4, 0.5) is 0 Å². The third-order valence-electron chi connectivity index (χ3n) is 3.62. The molecule has 2 saturated heterocycles. The van der Waals surface area contributed by atoms with Crippen LogP contribution in [0, 0.1) is 0 Å². The lowest BCUT2D eigenvalue weighted by Crippen LogP contribution is -2.46. The van der Waals surface area contributed by atoms with E-state index < -0.39 is 0 Å². The molecule has 1 N–H and O–H groups in total. The van der Waals surface area contributed by atoms with Crippen LogP contribution in [-0.2, 0) is 4.79 Å². The van der Waals surface area contributed by atoms with Crippen molar-refractivity contribution in [2.75, 3.05) is 45.0 Å². The average molecular weight is 297 g/mol. The molecule has 2 aliphatic heterocycles. The van der Waals surface area contributed by atoms with Crippen LogP contribution in [0.25, 0.3) is 0 Å². The molecule has 1 aromatic rings. The lowest BCUT2D eigenvalue weighted by atomic mass is 10.3. The van der Waals surface area contributed by atoms with Crippen LogP contribution in [0.3, 0.4) is 0 Å². The summed E-state index contributed by atoms with van der Waals surface area (Å²) in [6, 6.07) is 4.20. The second kappa shape index (κ2) is 6.26. The van der Waals surface area contributed by atoms with Crippen LogP contribution in [0.15, 0.2) is 17.5 Å². The monoisotopic (exact) mass is 297 g/mol. The minimum atomic E-state index is 0.246. The zero-order valence-electron chi connectivity index (χ0n) is 10.9. The Morgan fingerprint density at radius 1 is 1.32 bits per heavy atom. The third-order valence-corrected chi connectivity index (χ3v) is 5.93. The normalized spacial score (nSPS) is 25.2. The molecule has 2 aliphatic rings. The van der Waals surface area contributed by atoms with Gasteiger partial charge in [0.05, 0.1) is 5.75 Å². The number of hydrogen-bond donors (Lipinski definition) is 1. The standard InChI is InChI=1S/C13H19N3OS2/c17-12-10-19-13(11-2-1-9-18-11)16(12)8-7-15-5-3-14-4-6-15/h1-2,9,13-14H,3-8,10H2. The maximum atomic E-state index is 12.0. The van der Waals surface area contributed by atoms with E-state index in [0.717, 1.165) is 39.3 Å². The molecule has 1 atom stereocenters. The van der Waals surface area contributed by atoms with E-state index in [1.165, 1.54) is 4.88 Å². The predicted octanol–water partition coefficient (Wildman–Crippen LogP) is 1.23. The fourth-order valence-electron chi connectivity index (χ4n) is 2.55. The van der Waals surface area contributed by atoms with Gasteiger partial charge in [-0.3, -0.25) is 9.69 Å². The summed E-state index contributed by atoms with van der Waals surface area (Å²) in [7, 11) is 0. The van der Waals surface area contributed by atoms with E-state index in [1.54, 1.807) is 23.1 Å². The highest BCUT2D eigenvalue weighted by atomic mass is 32.2. The molecule has 1 unspecified atom stereocenters. The summed E-state index contributed by atoms with van der Waals surface area (Å²) in [6.07, 6.45) is 0. The molecular formula is C13H19N3OS2. The van der Waals surface area contributed by atoms with Crippen molar-refractivity contribution in [2.24, 2.45) is 0 Å². The Morgan fingerprint density at radius 3 is 2.89 bits per heavy atom. The molecule has 0 radical (unpaired) electrons. The number of rotatable bonds is 4. The summed E-state index contributed by atoms with van der Waals surface area (Å²) in [5.41, 5.74) is 0. The van der Waals surface area contributed by atoms with Crippen LogP contribution in [0.1, 0.15) is 10.3 Å². The van der Waals surface area contributed by atoms with Gasteiger partial charge in [-0.25, -0.2) is 0 Å². The zero-order chi connectivity index (χ0) is 13.1. The van der Waals surface area contributed by atoms with E-state index in [2.05, 4.69) is 32.6 Å². The lowest BCUT2D eigenvalue weighted by Gasteiger charge is -2.30. The van der Waals surface area contributed by atoms with Crippen molar-refractivity contribution in [2.45, 2.75) is 5.37 Å². The molecule has 3 rings (SSSR count). The largest absolute Gasteiger partial charge is 0.324 e. The van der Waals surface area contributed by atoms with Gasteiger partial charge in [0.1, 0.15) is 5.37 Å². The summed E-state index contributed by atoms with van der Waals surface area (Å²) in [6.45, 7) is 6.18. The molecule has 0 aromatic carbocycles. The minimum Gasteiger partial charge on any atom is -0.324 e. The number of carbonyl (C=O) groups is 1. The predicted molar refractivity (Wildman–Crippen MR) is 80.5 cm³/mol. The van der Waals surface area contributed by atoms with Crippen molar-refractivity contribution in [3.8, 4) is 0 Å². The molecule has 19 heavy (non-hydrogen) atoms. The molecule has 4 nitrogen and oxygen atoms in total. The van der Waals surface area contributed by atoms with Crippen molar-refractivity contribution in [3.05, 3.63) is 22.4 Å². The second-order valence-electron chi connectivity index (χ2n) is 4.86. The number of thiophene rings is 1.